The molecule has 77 heavy (non-hydrogen) atoms. The molecule has 0 bridgehead atoms. The zero-order valence-corrected chi connectivity index (χ0v) is 47.2. The molecule has 0 saturated carbocycles. The van der Waals surface area contributed by atoms with E-state index in [2.05, 4.69) is 255 Å². The topological polar surface area (TPSA) is 13.1 Å². The van der Waals surface area contributed by atoms with Gasteiger partial charge in [0.05, 0.1) is 27.9 Å². The van der Waals surface area contributed by atoms with E-state index in [1.165, 1.54) is 164 Å². The number of anilines is 3. The van der Waals surface area contributed by atoms with E-state index in [0.29, 0.717) is 0 Å². The molecule has 2 aliphatic heterocycles. The lowest BCUT2D eigenvalue weighted by Crippen LogP contribution is -2.59. The molecule has 0 atom stereocenters. The third kappa shape index (κ3) is 6.04. The van der Waals surface area contributed by atoms with E-state index in [-0.39, 0.29) is 28.4 Å². The average Bonchev–Trinajstić information content (AvgIpc) is 3.41. The van der Waals surface area contributed by atoms with Crippen molar-refractivity contribution in [2.45, 2.75) is 105 Å². The van der Waals surface area contributed by atoms with Crippen LogP contribution < -0.4 is 20.6 Å². The lowest BCUT2D eigenvalue weighted by Gasteiger charge is -2.40. The highest BCUT2D eigenvalue weighted by molar-refractivity contribution is 7.33. The lowest BCUT2D eigenvalue weighted by atomic mass is 9.36. The maximum Gasteiger partial charge on any atom is 0.264 e. The molecule has 3 nitrogen and oxygen atoms in total. The lowest BCUT2D eigenvalue weighted by molar-refractivity contribution is 0.590. The highest BCUT2D eigenvalue weighted by Gasteiger charge is 2.46. The number of thiophene rings is 1. The zero-order chi connectivity index (χ0) is 52.7. The van der Waals surface area contributed by atoms with E-state index in [1.807, 2.05) is 11.3 Å². The molecule has 10 aromatic carbocycles. The summed E-state index contributed by atoms with van der Waals surface area (Å²) in [7, 11) is 0. The summed E-state index contributed by atoms with van der Waals surface area (Å²) in [6.07, 6.45) is 0. The van der Waals surface area contributed by atoms with Crippen LogP contribution in [0.4, 0.5) is 17.1 Å². The minimum Gasteiger partial charge on any atom is -0.310 e. The molecule has 0 fully saturated rings. The molecule has 0 unspecified atom stereocenters. The normalized spacial score (nSPS) is 14.2. The summed E-state index contributed by atoms with van der Waals surface area (Å²) in [6.45, 7) is 28.3. The van der Waals surface area contributed by atoms with Crippen LogP contribution in [0.15, 0.2) is 158 Å². The van der Waals surface area contributed by atoms with Crippen molar-refractivity contribution in [2.24, 2.45) is 0 Å². The molecule has 0 saturated heterocycles. The van der Waals surface area contributed by atoms with E-state index < -0.39 is 0 Å². The molecule has 3 aliphatic rings. The van der Waals surface area contributed by atoms with Crippen molar-refractivity contribution in [3.05, 3.63) is 180 Å². The second-order valence-corrected chi connectivity index (χ2v) is 28.1. The van der Waals surface area contributed by atoms with Crippen LogP contribution in [-0.2, 0) is 21.7 Å². The Hall–Kier alpha value is -7.60. The van der Waals surface area contributed by atoms with Crippen molar-refractivity contribution in [1.29, 1.82) is 0 Å². The Morgan fingerprint density at radius 2 is 0.909 bits per heavy atom. The van der Waals surface area contributed by atoms with E-state index in [4.69, 9.17) is 0 Å². The maximum absolute atomic E-state index is 2.69. The Morgan fingerprint density at radius 3 is 1.55 bits per heavy atom. The predicted octanol–water partition coefficient (Wildman–Crippen LogP) is 18.3. The van der Waals surface area contributed by atoms with Crippen LogP contribution in [0.25, 0.3) is 109 Å². The monoisotopic (exact) mass is 1010 g/mol. The molecule has 3 aromatic heterocycles. The standard InChI is InChI=1S/C72H62BN3S/c1-69(2,3)42-23-27-46(28-24-42)75-57-37-47(74-55-29-21-40-16-14-18-49-48-17-13-15-39-19-20-41-22-30-56(74)64(62(41)60(39)48)63(55)61(40)49)38-58-65(57)73(68-67(75)52-34-44(71(7,8)9)26-32-59(52)77-68)53-36-45(72(10,11)12)35-51-50-33-43(70(4,5)6)25-31-54(50)76(58)66(51)53/h13-38H,1-12H3. The minimum absolute atomic E-state index is 0.00249. The van der Waals surface area contributed by atoms with Gasteiger partial charge in [-0.05, 0) is 160 Å². The van der Waals surface area contributed by atoms with Crippen LogP contribution >= 0.6 is 11.3 Å². The van der Waals surface area contributed by atoms with Crippen molar-refractivity contribution in [3.63, 3.8) is 0 Å². The molecule has 13 aromatic rings. The Morgan fingerprint density at radius 1 is 0.390 bits per heavy atom. The van der Waals surface area contributed by atoms with Gasteiger partial charge in [-0.15, -0.1) is 11.3 Å². The molecule has 1 aliphatic carbocycles. The molecule has 0 amide bonds. The summed E-state index contributed by atoms with van der Waals surface area (Å²) >= 11 is 2.01. The van der Waals surface area contributed by atoms with Crippen LogP contribution in [-0.4, -0.2) is 15.8 Å². The number of hydrogen-bond donors (Lipinski definition) is 0. The van der Waals surface area contributed by atoms with Gasteiger partial charge in [-0.1, -0.05) is 174 Å². The first-order valence-electron chi connectivity index (χ1n) is 27.9. The molecule has 5 heteroatoms. The van der Waals surface area contributed by atoms with Crippen molar-refractivity contribution in [3.8, 4) is 22.5 Å². The molecule has 0 N–H and O–H groups in total. The smallest absolute Gasteiger partial charge is 0.264 e. The number of hydrogen-bond acceptors (Lipinski definition) is 2. The molecule has 0 spiro atoms. The number of fused-ring (bicyclic) bond motifs is 10. The average molecular weight is 1010 g/mol. The van der Waals surface area contributed by atoms with Crippen molar-refractivity contribution >= 4 is 137 Å². The predicted molar refractivity (Wildman–Crippen MR) is 336 cm³/mol. The molecule has 374 valence electrons. The second-order valence-electron chi connectivity index (χ2n) is 27.0. The Balaban J connectivity index is 1.12. The van der Waals surface area contributed by atoms with Gasteiger partial charge in [-0.25, -0.2) is 0 Å². The Bertz CT molecular complexity index is 4840. The molecule has 5 heterocycles. The third-order valence-corrected chi connectivity index (χ3v) is 19.4. The highest BCUT2D eigenvalue weighted by Crippen LogP contribution is 2.53. The van der Waals surface area contributed by atoms with E-state index in [9.17, 15) is 0 Å². The Kier molecular flexibility index (Phi) is 8.70. The second kappa shape index (κ2) is 14.7. The summed E-state index contributed by atoms with van der Waals surface area (Å²) in [6, 6.07) is 62.7. The van der Waals surface area contributed by atoms with Gasteiger partial charge < -0.3 is 14.0 Å². The largest absolute Gasteiger partial charge is 0.310 e. The minimum atomic E-state index is -0.0762. The first kappa shape index (κ1) is 45.6. The van der Waals surface area contributed by atoms with E-state index >= 15 is 0 Å². The molecule has 16 rings (SSSR count). The van der Waals surface area contributed by atoms with Gasteiger partial charge in [0.1, 0.15) is 0 Å². The fourth-order valence-corrected chi connectivity index (χ4v) is 15.5. The highest BCUT2D eigenvalue weighted by atomic mass is 32.1. The summed E-state index contributed by atoms with van der Waals surface area (Å²) in [5, 5.41) is 14.5. The SMILES string of the molecule is CC(C)(C)c1ccc(N2c3cc(-n4c5ccc6cccc7c6c5c5c6c(ccc8cccc-7c86)ccc54)cc4c3B(c3sc5ccc(C(C)(C)C)cc5c32)c2cc(C(C)(C)C)cc3c5cc(C(C)(C)C)ccc5n-4c23)cc1. The first-order valence-corrected chi connectivity index (χ1v) is 28.7. The zero-order valence-electron chi connectivity index (χ0n) is 46.3. The number of benzene rings is 10. The van der Waals surface area contributed by atoms with Crippen LogP contribution in [0, 0.1) is 0 Å². The Labute approximate surface area is 455 Å². The van der Waals surface area contributed by atoms with Crippen molar-refractivity contribution < 1.29 is 0 Å². The third-order valence-electron chi connectivity index (χ3n) is 18.2. The fourth-order valence-electron chi connectivity index (χ4n) is 14.2. The van der Waals surface area contributed by atoms with Gasteiger partial charge in [0.25, 0.3) is 6.71 Å². The van der Waals surface area contributed by atoms with Gasteiger partial charge >= 0.3 is 0 Å². The van der Waals surface area contributed by atoms with Crippen molar-refractivity contribution in [1.82, 2.24) is 9.13 Å². The van der Waals surface area contributed by atoms with Gasteiger partial charge in [-0.2, -0.15) is 0 Å². The quantitative estimate of drug-likeness (QED) is 0.124. The number of aromatic nitrogens is 2. The van der Waals surface area contributed by atoms with Crippen LogP contribution in [0.1, 0.15) is 105 Å². The molecular weight excluding hydrogens is 950 g/mol. The molecule has 0 radical (unpaired) electrons. The van der Waals surface area contributed by atoms with E-state index in [1.54, 1.807) is 0 Å². The summed E-state index contributed by atoms with van der Waals surface area (Å²) in [5.41, 5.74) is 21.9. The van der Waals surface area contributed by atoms with Gasteiger partial charge in [0, 0.05) is 64.4 Å². The number of nitrogens with zero attached hydrogens (tertiary/aromatic N) is 3. The van der Waals surface area contributed by atoms with Gasteiger partial charge in [0.2, 0.25) is 0 Å². The first-order chi connectivity index (χ1) is 36.7. The van der Waals surface area contributed by atoms with Crippen LogP contribution in [0.2, 0.25) is 0 Å². The summed E-state index contributed by atoms with van der Waals surface area (Å²) < 4.78 is 8.07. The fraction of sp³-hybridized carbons (Fsp3) is 0.222. The maximum atomic E-state index is 2.69. The van der Waals surface area contributed by atoms with E-state index in [0.717, 1.165) is 0 Å². The summed E-state index contributed by atoms with van der Waals surface area (Å²) in [5.74, 6) is 0. The van der Waals surface area contributed by atoms with Crippen LogP contribution in [0.5, 0.6) is 0 Å². The summed E-state index contributed by atoms with van der Waals surface area (Å²) in [4.78, 5) is 2.69. The van der Waals surface area contributed by atoms with Crippen LogP contribution in [0.3, 0.4) is 0 Å². The van der Waals surface area contributed by atoms with Gasteiger partial charge in [-0.3, -0.25) is 0 Å². The number of rotatable bonds is 2. The molecular formula is C72H62BN3S. The van der Waals surface area contributed by atoms with Crippen molar-refractivity contribution in [2.75, 3.05) is 4.90 Å². The van der Waals surface area contributed by atoms with Gasteiger partial charge in [0.15, 0.2) is 0 Å².